The summed E-state index contributed by atoms with van der Waals surface area (Å²) in [4.78, 5) is 11.7. The zero-order valence-corrected chi connectivity index (χ0v) is 13.0. The van der Waals surface area contributed by atoms with Gasteiger partial charge in [-0.15, -0.1) is 0 Å². The Morgan fingerprint density at radius 1 is 1.14 bits per heavy atom. The van der Waals surface area contributed by atoms with Crippen LogP contribution in [0.15, 0.2) is 18.2 Å². The van der Waals surface area contributed by atoms with Crippen LogP contribution in [0.5, 0.6) is 0 Å². The monoisotopic (exact) mass is 287 g/mol. The lowest BCUT2D eigenvalue weighted by Gasteiger charge is -2.14. The Hall–Kier alpha value is -2.14. The minimum Gasteiger partial charge on any atom is -0.381 e. The number of aliphatic hydroxyl groups is 1. The zero-order chi connectivity index (χ0) is 15.8. The normalized spacial score (nSPS) is 11.5. The van der Waals surface area contributed by atoms with Crippen LogP contribution in [0.4, 0.5) is 5.82 Å². The average Bonchev–Trinajstić information content (AvgIpc) is 2.81. The SMILES string of the molecule is Cc1cc(C)c(-c2cc(NC(=O)C(C)(C)O)n[nH]2)cc1C. The van der Waals surface area contributed by atoms with E-state index in [2.05, 4.69) is 41.5 Å². The Kier molecular flexibility index (Phi) is 3.87. The maximum Gasteiger partial charge on any atom is 0.256 e. The molecule has 1 aromatic carbocycles. The van der Waals surface area contributed by atoms with Crippen molar-refractivity contribution in [1.29, 1.82) is 0 Å². The Labute approximate surface area is 124 Å². The lowest BCUT2D eigenvalue weighted by molar-refractivity contribution is -0.130. The summed E-state index contributed by atoms with van der Waals surface area (Å²) < 4.78 is 0. The molecule has 112 valence electrons. The number of nitrogens with one attached hydrogen (secondary N) is 2. The van der Waals surface area contributed by atoms with Gasteiger partial charge in [-0.25, -0.2) is 0 Å². The Morgan fingerprint density at radius 2 is 1.76 bits per heavy atom. The number of carbonyl (C=O) groups is 1. The van der Waals surface area contributed by atoms with Crippen molar-refractivity contribution >= 4 is 11.7 Å². The van der Waals surface area contributed by atoms with Crippen molar-refractivity contribution in [3.63, 3.8) is 0 Å². The molecule has 1 amide bonds. The molecule has 1 heterocycles. The molecular weight excluding hydrogens is 266 g/mol. The first-order valence-electron chi connectivity index (χ1n) is 6.86. The van der Waals surface area contributed by atoms with Crippen LogP contribution in [0, 0.1) is 20.8 Å². The third-order valence-corrected chi connectivity index (χ3v) is 3.51. The summed E-state index contributed by atoms with van der Waals surface area (Å²) in [5.41, 5.74) is 4.03. The number of rotatable bonds is 3. The topological polar surface area (TPSA) is 78.0 Å². The summed E-state index contributed by atoms with van der Waals surface area (Å²) in [7, 11) is 0. The molecule has 2 rings (SSSR count). The molecular formula is C16H21N3O2. The molecule has 0 radical (unpaired) electrons. The number of hydrogen-bond acceptors (Lipinski definition) is 3. The molecule has 1 aromatic heterocycles. The van der Waals surface area contributed by atoms with Gasteiger partial charge in [0, 0.05) is 11.6 Å². The number of anilines is 1. The summed E-state index contributed by atoms with van der Waals surface area (Å²) in [6, 6.07) is 5.99. The van der Waals surface area contributed by atoms with E-state index >= 15 is 0 Å². The standard InChI is InChI=1S/C16H21N3O2/c1-9-6-11(3)12(7-10(9)2)13-8-14(19-18-13)17-15(20)16(4,5)21/h6-8,21H,1-5H3,(H2,17,18,19,20). The Bertz CT molecular complexity index is 681. The molecule has 5 nitrogen and oxygen atoms in total. The van der Waals surface area contributed by atoms with E-state index in [0.717, 1.165) is 16.8 Å². The van der Waals surface area contributed by atoms with Crippen LogP contribution in [0.3, 0.4) is 0 Å². The van der Waals surface area contributed by atoms with E-state index in [1.165, 1.54) is 25.0 Å². The van der Waals surface area contributed by atoms with Crippen LogP contribution >= 0.6 is 0 Å². The lowest BCUT2D eigenvalue weighted by atomic mass is 9.99. The minimum atomic E-state index is -1.44. The highest BCUT2D eigenvalue weighted by Gasteiger charge is 2.24. The molecule has 0 aliphatic heterocycles. The predicted octanol–water partition coefficient (Wildman–Crippen LogP) is 2.71. The average molecular weight is 287 g/mol. The van der Waals surface area contributed by atoms with Gasteiger partial charge in [0.1, 0.15) is 5.60 Å². The molecule has 3 N–H and O–H groups in total. The van der Waals surface area contributed by atoms with Gasteiger partial charge in [0.05, 0.1) is 5.69 Å². The molecule has 21 heavy (non-hydrogen) atoms. The van der Waals surface area contributed by atoms with Gasteiger partial charge in [-0.05, 0) is 57.4 Å². The fourth-order valence-electron chi connectivity index (χ4n) is 2.04. The number of aromatic nitrogens is 2. The van der Waals surface area contributed by atoms with Crippen molar-refractivity contribution < 1.29 is 9.90 Å². The highest BCUT2D eigenvalue weighted by Crippen LogP contribution is 2.26. The van der Waals surface area contributed by atoms with Gasteiger partial charge in [-0.3, -0.25) is 9.89 Å². The van der Waals surface area contributed by atoms with Gasteiger partial charge in [-0.1, -0.05) is 6.07 Å². The quantitative estimate of drug-likeness (QED) is 0.812. The summed E-state index contributed by atoms with van der Waals surface area (Å²) in [6.07, 6.45) is 0. The molecule has 0 saturated carbocycles. The van der Waals surface area contributed by atoms with E-state index in [0.29, 0.717) is 5.82 Å². The molecule has 0 fully saturated rings. The summed E-state index contributed by atoms with van der Waals surface area (Å²) in [5.74, 6) is -0.0906. The molecule has 0 atom stereocenters. The van der Waals surface area contributed by atoms with Crippen molar-refractivity contribution in [2.45, 2.75) is 40.2 Å². The van der Waals surface area contributed by atoms with Crippen LogP contribution < -0.4 is 5.32 Å². The van der Waals surface area contributed by atoms with Gasteiger partial charge < -0.3 is 10.4 Å². The molecule has 0 unspecified atom stereocenters. The van der Waals surface area contributed by atoms with E-state index < -0.39 is 11.5 Å². The molecule has 0 spiro atoms. The van der Waals surface area contributed by atoms with Crippen LogP contribution in [-0.2, 0) is 4.79 Å². The number of H-pyrrole nitrogens is 1. The molecule has 2 aromatic rings. The molecule has 0 bridgehead atoms. The largest absolute Gasteiger partial charge is 0.381 e. The van der Waals surface area contributed by atoms with Crippen LogP contribution in [0.2, 0.25) is 0 Å². The Balaban J connectivity index is 2.29. The molecule has 0 aliphatic rings. The van der Waals surface area contributed by atoms with E-state index in [-0.39, 0.29) is 0 Å². The molecule has 0 saturated heterocycles. The number of carbonyl (C=O) groups excluding carboxylic acids is 1. The van der Waals surface area contributed by atoms with Crippen LogP contribution in [-0.4, -0.2) is 26.8 Å². The number of aryl methyl sites for hydroxylation is 3. The predicted molar refractivity (Wildman–Crippen MR) is 83.2 cm³/mol. The summed E-state index contributed by atoms with van der Waals surface area (Å²) in [5, 5.41) is 19.2. The number of benzene rings is 1. The molecule has 0 aliphatic carbocycles. The van der Waals surface area contributed by atoms with E-state index in [4.69, 9.17) is 0 Å². The Morgan fingerprint density at radius 3 is 2.38 bits per heavy atom. The second-order valence-corrected chi connectivity index (χ2v) is 5.93. The van der Waals surface area contributed by atoms with Crippen LogP contribution in [0.1, 0.15) is 30.5 Å². The fraction of sp³-hybridized carbons (Fsp3) is 0.375. The van der Waals surface area contributed by atoms with Crippen molar-refractivity contribution in [2.75, 3.05) is 5.32 Å². The van der Waals surface area contributed by atoms with E-state index in [1.54, 1.807) is 6.07 Å². The smallest absolute Gasteiger partial charge is 0.256 e. The van der Waals surface area contributed by atoms with Gasteiger partial charge in [-0.2, -0.15) is 5.10 Å². The number of nitrogens with zero attached hydrogens (tertiary/aromatic N) is 1. The van der Waals surface area contributed by atoms with Crippen molar-refractivity contribution in [3.05, 3.63) is 34.9 Å². The number of amides is 1. The third kappa shape index (κ3) is 3.31. The number of hydrogen-bond donors (Lipinski definition) is 3. The second-order valence-electron chi connectivity index (χ2n) is 5.93. The lowest BCUT2D eigenvalue weighted by Crippen LogP contribution is -2.36. The van der Waals surface area contributed by atoms with E-state index in [9.17, 15) is 9.90 Å². The fourth-order valence-corrected chi connectivity index (χ4v) is 2.04. The highest BCUT2D eigenvalue weighted by atomic mass is 16.3. The summed E-state index contributed by atoms with van der Waals surface area (Å²) in [6.45, 7) is 9.05. The first kappa shape index (κ1) is 15.3. The van der Waals surface area contributed by atoms with Crippen LogP contribution in [0.25, 0.3) is 11.3 Å². The van der Waals surface area contributed by atoms with Gasteiger partial charge in [0.2, 0.25) is 0 Å². The summed E-state index contributed by atoms with van der Waals surface area (Å²) >= 11 is 0. The maximum absolute atomic E-state index is 11.7. The molecule has 5 heteroatoms. The van der Waals surface area contributed by atoms with Gasteiger partial charge >= 0.3 is 0 Å². The minimum absolute atomic E-state index is 0.398. The van der Waals surface area contributed by atoms with Crippen molar-refractivity contribution in [3.8, 4) is 11.3 Å². The van der Waals surface area contributed by atoms with Gasteiger partial charge in [0.15, 0.2) is 5.82 Å². The first-order valence-corrected chi connectivity index (χ1v) is 6.86. The van der Waals surface area contributed by atoms with Crippen molar-refractivity contribution in [1.82, 2.24) is 10.2 Å². The van der Waals surface area contributed by atoms with Crippen molar-refractivity contribution in [2.24, 2.45) is 0 Å². The first-order chi connectivity index (χ1) is 9.68. The maximum atomic E-state index is 11.7. The number of aromatic amines is 1. The highest BCUT2D eigenvalue weighted by molar-refractivity contribution is 5.96. The zero-order valence-electron chi connectivity index (χ0n) is 13.0. The van der Waals surface area contributed by atoms with Gasteiger partial charge in [0.25, 0.3) is 5.91 Å². The van der Waals surface area contributed by atoms with E-state index in [1.807, 2.05) is 6.92 Å². The second kappa shape index (κ2) is 5.33. The third-order valence-electron chi connectivity index (χ3n) is 3.51.